The topological polar surface area (TPSA) is 3.24 Å². The van der Waals surface area contributed by atoms with Gasteiger partial charge in [0, 0.05) is 23.8 Å². The number of hydrogen-bond donors (Lipinski definition) is 0. The van der Waals surface area contributed by atoms with Crippen LogP contribution in [-0.4, -0.2) is 4.90 Å². The summed E-state index contributed by atoms with van der Waals surface area (Å²) in [7, 11) is 0. The summed E-state index contributed by atoms with van der Waals surface area (Å²) in [4.78, 5) is 2.34. The number of nitrogens with zero attached hydrogens (tertiary/aromatic N) is 1. The van der Waals surface area contributed by atoms with Crippen molar-refractivity contribution in [2.75, 3.05) is 0 Å². The van der Waals surface area contributed by atoms with E-state index in [9.17, 15) is 0 Å². The molecule has 0 bridgehead atoms. The Bertz CT molecular complexity index is 575. The minimum atomic E-state index is 0.949. The number of rotatable bonds is 2. The first-order valence-corrected chi connectivity index (χ1v) is 6.86. The van der Waals surface area contributed by atoms with Gasteiger partial charge in [0.15, 0.2) is 0 Å². The van der Waals surface area contributed by atoms with Crippen molar-refractivity contribution in [3.05, 3.63) is 77.5 Å². The van der Waals surface area contributed by atoms with Crippen molar-refractivity contribution in [2.45, 2.75) is 13.1 Å². The smallest absolute Gasteiger partial charge is 0.0434 e. The third-order valence-electron chi connectivity index (χ3n) is 3.17. The third-order valence-corrected chi connectivity index (χ3v) is 3.80. The van der Waals surface area contributed by atoms with Crippen molar-refractivity contribution in [1.29, 1.82) is 0 Å². The second kappa shape index (κ2) is 4.99. The van der Waals surface area contributed by atoms with E-state index in [0.29, 0.717) is 0 Å². The van der Waals surface area contributed by atoms with Gasteiger partial charge in [-0.25, -0.2) is 0 Å². The van der Waals surface area contributed by atoms with Gasteiger partial charge in [-0.1, -0.05) is 54.6 Å². The van der Waals surface area contributed by atoms with Crippen LogP contribution in [-0.2, 0) is 13.1 Å². The fourth-order valence-electron chi connectivity index (χ4n) is 2.30. The van der Waals surface area contributed by atoms with Crippen LogP contribution in [0.2, 0.25) is 0 Å². The van der Waals surface area contributed by atoms with Gasteiger partial charge in [0.1, 0.15) is 0 Å². The highest BCUT2D eigenvalue weighted by molar-refractivity contribution is 9.15. The summed E-state index contributed by atoms with van der Waals surface area (Å²) >= 11 is 3.66. The lowest BCUT2D eigenvalue weighted by Gasteiger charge is -2.27. The summed E-state index contributed by atoms with van der Waals surface area (Å²) in [6.45, 7) is 1.92. The Morgan fingerprint density at radius 2 is 1.67 bits per heavy atom. The standard InChI is InChI=1S/C16H14BrN/c17-16-12-18(10-13-6-2-1-3-7-13)11-14-8-4-5-9-15(14)16/h1-9,12H,10-11H2. The van der Waals surface area contributed by atoms with E-state index in [-0.39, 0.29) is 0 Å². The fourth-order valence-corrected chi connectivity index (χ4v) is 2.98. The highest BCUT2D eigenvalue weighted by Crippen LogP contribution is 2.31. The van der Waals surface area contributed by atoms with E-state index in [4.69, 9.17) is 0 Å². The Balaban J connectivity index is 1.84. The second-order valence-electron chi connectivity index (χ2n) is 4.52. The van der Waals surface area contributed by atoms with Crippen molar-refractivity contribution < 1.29 is 0 Å². The molecule has 18 heavy (non-hydrogen) atoms. The first-order chi connectivity index (χ1) is 8.83. The first kappa shape index (κ1) is 11.5. The number of hydrogen-bond acceptors (Lipinski definition) is 1. The van der Waals surface area contributed by atoms with Gasteiger partial charge in [-0.3, -0.25) is 0 Å². The van der Waals surface area contributed by atoms with Crippen molar-refractivity contribution in [3.8, 4) is 0 Å². The molecule has 0 atom stereocenters. The largest absolute Gasteiger partial charge is 0.368 e. The molecule has 1 aliphatic heterocycles. The van der Waals surface area contributed by atoms with Crippen LogP contribution in [0, 0.1) is 0 Å². The zero-order valence-corrected chi connectivity index (χ0v) is 11.6. The monoisotopic (exact) mass is 299 g/mol. The second-order valence-corrected chi connectivity index (χ2v) is 5.38. The molecule has 0 saturated carbocycles. The molecule has 0 N–H and O–H groups in total. The summed E-state index contributed by atoms with van der Waals surface area (Å²) in [6, 6.07) is 19.1. The van der Waals surface area contributed by atoms with Gasteiger partial charge in [0.2, 0.25) is 0 Å². The fraction of sp³-hybridized carbons (Fsp3) is 0.125. The van der Waals surface area contributed by atoms with Crippen molar-refractivity contribution >= 4 is 20.4 Å². The van der Waals surface area contributed by atoms with Crippen LogP contribution in [0.3, 0.4) is 0 Å². The van der Waals surface area contributed by atoms with E-state index in [1.165, 1.54) is 21.2 Å². The summed E-state index contributed by atoms with van der Waals surface area (Å²) in [5, 5.41) is 0. The maximum atomic E-state index is 3.66. The molecule has 1 aliphatic rings. The zero-order chi connectivity index (χ0) is 12.4. The Labute approximate surface area is 116 Å². The molecule has 0 spiro atoms. The van der Waals surface area contributed by atoms with Crippen molar-refractivity contribution in [2.24, 2.45) is 0 Å². The van der Waals surface area contributed by atoms with Crippen molar-refractivity contribution in [3.63, 3.8) is 0 Å². The van der Waals surface area contributed by atoms with Crippen LogP contribution in [0.1, 0.15) is 16.7 Å². The molecule has 0 aliphatic carbocycles. The number of benzene rings is 2. The number of fused-ring (bicyclic) bond motifs is 1. The third kappa shape index (κ3) is 2.34. The predicted octanol–water partition coefficient (Wildman–Crippen LogP) is 4.40. The molecule has 0 saturated heterocycles. The normalized spacial score (nSPS) is 14.1. The summed E-state index contributed by atoms with van der Waals surface area (Å²) < 4.78 is 1.17. The minimum absolute atomic E-state index is 0.949. The van der Waals surface area contributed by atoms with E-state index in [2.05, 4.69) is 81.6 Å². The van der Waals surface area contributed by atoms with Crippen LogP contribution >= 0.6 is 15.9 Å². The maximum Gasteiger partial charge on any atom is 0.0434 e. The summed E-state index contributed by atoms with van der Waals surface area (Å²) in [6.07, 6.45) is 2.19. The lowest BCUT2D eigenvalue weighted by atomic mass is 10.0. The van der Waals surface area contributed by atoms with E-state index >= 15 is 0 Å². The molecule has 0 amide bonds. The average molecular weight is 300 g/mol. The predicted molar refractivity (Wildman–Crippen MR) is 79.0 cm³/mol. The highest BCUT2D eigenvalue weighted by Gasteiger charge is 2.14. The number of halogens is 1. The maximum absolute atomic E-state index is 3.66. The van der Waals surface area contributed by atoms with E-state index in [0.717, 1.165) is 13.1 Å². The SMILES string of the molecule is BrC1=CN(Cc2ccccc2)Cc2ccccc21. The van der Waals surface area contributed by atoms with Crippen LogP contribution < -0.4 is 0 Å². The Morgan fingerprint density at radius 1 is 0.944 bits per heavy atom. The van der Waals surface area contributed by atoms with Crippen LogP contribution in [0.5, 0.6) is 0 Å². The molecular formula is C16H14BrN. The minimum Gasteiger partial charge on any atom is -0.368 e. The van der Waals surface area contributed by atoms with E-state index in [1.807, 2.05) is 0 Å². The average Bonchev–Trinajstić information content (AvgIpc) is 2.40. The van der Waals surface area contributed by atoms with Gasteiger partial charge in [0.05, 0.1) is 0 Å². The molecule has 3 rings (SSSR count). The molecule has 1 heterocycles. The first-order valence-electron chi connectivity index (χ1n) is 6.06. The molecule has 2 aromatic rings. The van der Waals surface area contributed by atoms with E-state index in [1.54, 1.807) is 0 Å². The van der Waals surface area contributed by atoms with E-state index < -0.39 is 0 Å². The Hall–Kier alpha value is -1.54. The van der Waals surface area contributed by atoms with Gasteiger partial charge < -0.3 is 4.90 Å². The lowest BCUT2D eigenvalue weighted by molar-refractivity contribution is 0.359. The van der Waals surface area contributed by atoms with Crippen LogP contribution in [0.25, 0.3) is 4.48 Å². The molecule has 2 heteroatoms. The summed E-state index contributed by atoms with van der Waals surface area (Å²) in [5.74, 6) is 0. The molecule has 0 unspecified atom stereocenters. The molecule has 0 radical (unpaired) electrons. The van der Waals surface area contributed by atoms with Gasteiger partial charge in [-0.15, -0.1) is 0 Å². The molecule has 1 nitrogen and oxygen atoms in total. The molecule has 0 aromatic heterocycles. The van der Waals surface area contributed by atoms with Gasteiger partial charge in [-0.05, 0) is 32.6 Å². The quantitative estimate of drug-likeness (QED) is 0.795. The molecule has 90 valence electrons. The Kier molecular flexibility index (Phi) is 3.20. The molecular weight excluding hydrogens is 286 g/mol. The molecule has 2 aromatic carbocycles. The van der Waals surface area contributed by atoms with Gasteiger partial charge >= 0.3 is 0 Å². The Morgan fingerprint density at radius 3 is 2.50 bits per heavy atom. The van der Waals surface area contributed by atoms with Gasteiger partial charge in [-0.2, -0.15) is 0 Å². The van der Waals surface area contributed by atoms with Gasteiger partial charge in [0.25, 0.3) is 0 Å². The van der Waals surface area contributed by atoms with Crippen LogP contribution in [0.4, 0.5) is 0 Å². The molecule has 0 fully saturated rings. The van der Waals surface area contributed by atoms with Crippen LogP contribution in [0.15, 0.2) is 60.8 Å². The van der Waals surface area contributed by atoms with Crippen molar-refractivity contribution in [1.82, 2.24) is 4.90 Å². The lowest BCUT2D eigenvalue weighted by Crippen LogP contribution is -2.20. The summed E-state index contributed by atoms with van der Waals surface area (Å²) in [5.41, 5.74) is 4.03. The zero-order valence-electron chi connectivity index (χ0n) is 10.0. The highest BCUT2D eigenvalue weighted by atomic mass is 79.9.